The highest BCUT2D eigenvalue weighted by Gasteiger charge is 2.29. The first-order valence-corrected chi connectivity index (χ1v) is 4.39. The fourth-order valence-corrected chi connectivity index (χ4v) is 1.76. The zero-order chi connectivity index (χ0) is 9.14. The van der Waals surface area contributed by atoms with Crippen LogP contribution in [-0.4, -0.2) is 37.0 Å². The Bertz CT molecular complexity index is 141. The van der Waals surface area contributed by atoms with Crippen molar-refractivity contribution in [2.45, 2.75) is 25.8 Å². The molecule has 4 heteroatoms. The van der Waals surface area contributed by atoms with Crippen molar-refractivity contribution in [2.75, 3.05) is 19.6 Å². The van der Waals surface area contributed by atoms with Gasteiger partial charge < -0.3 is 5.73 Å². The summed E-state index contributed by atoms with van der Waals surface area (Å²) in [5.41, 5.74) is 5.77. The van der Waals surface area contributed by atoms with Gasteiger partial charge in [0.15, 0.2) is 0 Å². The highest BCUT2D eigenvalue weighted by atomic mass is 19.3. The average molecular weight is 178 g/mol. The van der Waals surface area contributed by atoms with Crippen molar-refractivity contribution in [1.82, 2.24) is 4.90 Å². The molecule has 2 nitrogen and oxygen atoms in total. The lowest BCUT2D eigenvalue weighted by molar-refractivity contribution is 0.0976. The van der Waals surface area contributed by atoms with E-state index in [1.807, 2.05) is 0 Å². The van der Waals surface area contributed by atoms with E-state index < -0.39 is 6.43 Å². The van der Waals surface area contributed by atoms with Crippen LogP contribution in [-0.2, 0) is 0 Å². The highest BCUT2D eigenvalue weighted by Crippen LogP contribution is 2.18. The Kier molecular flexibility index (Phi) is 3.40. The minimum atomic E-state index is -2.23. The SMILES string of the molecule is CCC1CN(CC(F)F)CC1N. The maximum absolute atomic E-state index is 12.0. The predicted octanol–water partition coefficient (Wildman–Crippen LogP) is 0.921. The highest BCUT2D eigenvalue weighted by molar-refractivity contribution is 4.85. The van der Waals surface area contributed by atoms with Gasteiger partial charge in [0.05, 0.1) is 6.54 Å². The minimum Gasteiger partial charge on any atom is -0.326 e. The molecular weight excluding hydrogens is 162 g/mol. The molecule has 2 unspecified atom stereocenters. The zero-order valence-electron chi connectivity index (χ0n) is 7.34. The third-order valence-corrected chi connectivity index (χ3v) is 2.49. The molecule has 1 aliphatic rings. The van der Waals surface area contributed by atoms with Gasteiger partial charge in [0.25, 0.3) is 6.43 Å². The lowest BCUT2D eigenvalue weighted by Gasteiger charge is -2.13. The van der Waals surface area contributed by atoms with Crippen LogP contribution in [0.1, 0.15) is 13.3 Å². The second-order valence-electron chi connectivity index (χ2n) is 3.44. The number of alkyl halides is 2. The molecule has 72 valence electrons. The van der Waals surface area contributed by atoms with E-state index in [1.165, 1.54) is 0 Å². The average Bonchev–Trinajstić information content (AvgIpc) is 2.29. The Balaban J connectivity index is 2.33. The van der Waals surface area contributed by atoms with Crippen LogP contribution in [0.25, 0.3) is 0 Å². The van der Waals surface area contributed by atoms with Gasteiger partial charge in [-0.3, -0.25) is 4.90 Å². The van der Waals surface area contributed by atoms with Crippen LogP contribution in [0.3, 0.4) is 0 Å². The predicted molar refractivity (Wildman–Crippen MR) is 44.2 cm³/mol. The summed E-state index contributed by atoms with van der Waals surface area (Å²) in [6, 6.07) is 0.0914. The van der Waals surface area contributed by atoms with Crippen LogP contribution in [0.15, 0.2) is 0 Å². The van der Waals surface area contributed by atoms with E-state index >= 15 is 0 Å². The van der Waals surface area contributed by atoms with Crippen LogP contribution in [0.2, 0.25) is 0 Å². The fourth-order valence-electron chi connectivity index (χ4n) is 1.76. The molecule has 1 aliphatic heterocycles. The number of hydrogen-bond donors (Lipinski definition) is 1. The van der Waals surface area contributed by atoms with Gasteiger partial charge in [0, 0.05) is 19.1 Å². The molecule has 0 aromatic carbocycles. The number of halogens is 2. The Morgan fingerprint density at radius 3 is 2.58 bits per heavy atom. The lowest BCUT2D eigenvalue weighted by Crippen LogP contribution is -2.31. The molecule has 12 heavy (non-hydrogen) atoms. The number of hydrogen-bond acceptors (Lipinski definition) is 2. The molecule has 2 N–H and O–H groups in total. The first-order chi connectivity index (χ1) is 5.63. The number of likely N-dealkylation sites (tertiary alicyclic amines) is 1. The van der Waals surface area contributed by atoms with Crippen LogP contribution < -0.4 is 5.73 Å². The molecular formula is C8H16F2N2. The second kappa shape index (κ2) is 4.14. The Morgan fingerprint density at radius 1 is 1.50 bits per heavy atom. The third-order valence-electron chi connectivity index (χ3n) is 2.49. The molecule has 1 heterocycles. The molecule has 1 rings (SSSR count). The van der Waals surface area contributed by atoms with Gasteiger partial charge in [-0.1, -0.05) is 13.3 Å². The largest absolute Gasteiger partial charge is 0.326 e. The summed E-state index contributed by atoms with van der Waals surface area (Å²) >= 11 is 0. The van der Waals surface area contributed by atoms with E-state index in [1.54, 1.807) is 4.90 Å². The monoisotopic (exact) mass is 178 g/mol. The van der Waals surface area contributed by atoms with Gasteiger partial charge in [-0.15, -0.1) is 0 Å². The third kappa shape index (κ3) is 2.38. The maximum atomic E-state index is 12.0. The van der Waals surface area contributed by atoms with E-state index in [-0.39, 0.29) is 12.6 Å². The van der Waals surface area contributed by atoms with Crippen molar-refractivity contribution < 1.29 is 8.78 Å². The molecule has 0 aliphatic carbocycles. The summed E-state index contributed by atoms with van der Waals surface area (Å²) in [7, 11) is 0. The first kappa shape index (κ1) is 9.86. The van der Waals surface area contributed by atoms with Crippen LogP contribution in [0.5, 0.6) is 0 Å². The van der Waals surface area contributed by atoms with Crippen molar-refractivity contribution in [2.24, 2.45) is 11.7 Å². The van der Waals surface area contributed by atoms with Crippen molar-refractivity contribution >= 4 is 0 Å². The van der Waals surface area contributed by atoms with Crippen molar-refractivity contribution in [3.8, 4) is 0 Å². The van der Waals surface area contributed by atoms with E-state index in [0.29, 0.717) is 12.5 Å². The molecule has 0 aromatic rings. The summed E-state index contributed by atoms with van der Waals surface area (Å²) in [6.07, 6.45) is -1.24. The van der Waals surface area contributed by atoms with E-state index in [0.717, 1.165) is 13.0 Å². The first-order valence-electron chi connectivity index (χ1n) is 4.39. The van der Waals surface area contributed by atoms with Gasteiger partial charge in [-0.2, -0.15) is 0 Å². The Morgan fingerprint density at radius 2 is 2.17 bits per heavy atom. The van der Waals surface area contributed by atoms with Gasteiger partial charge in [0.1, 0.15) is 0 Å². The van der Waals surface area contributed by atoms with Crippen molar-refractivity contribution in [3.05, 3.63) is 0 Å². The molecule has 0 amide bonds. The summed E-state index contributed by atoms with van der Waals surface area (Å²) in [4.78, 5) is 1.75. The summed E-state index contributed by atoms with van der Waals surface area (Å²) < 4.78 is 23.9. The molecule has 1 saturated heterocycles. The minimum absolute atomic E-state index is 0.0914. The van der Waals surface area contributed by atoms with Crippen LogP contribution >= 0.6 is 0 Å². The quantitative estimate of drug-likeness (QED) is 0.696. The van der Waals surface area contributed by atoms with Crippen LogP contribution in [0.4, 0.5) is 8.78 Å². The van der Waals surface area contributed by atoms with Gasteiger partial charge in [-0.25, -0.2) is 8.78 Å². The lowest BCUT2D eigenvalue weighted by atomic mass is 10.0. The number of nitrogens with zero attached hydrogens (tertiary/aromatic N) is 1. The van der Waals surface area contributed by atoms with Gasteiger partial charge in [-0.05, 0) is 5.92 Å². The summed E-state index contributed by atoms with van der Waals surface area (Å²) in [6.45, 7) is 3.30. The van der Waals surface area contributed by atoms with Gasteiger partial charge >= 0.3 is 0 Å². The van der Waals surface area contributed by atoms with E-state index in [2.05, 4.69) is 6.92 Å². The maximum Gasteiger partial charge on any atom is 0.251 e. The normalized spacial score (nSPS) is 31.8. The van der Waals surface area contributed by atoms with Crippen molar-refractivity contribution in [1.29, 1.82) is 0 Å². The zero-order valence-corrected chi connectivity index (χ0v) is 7.34. The summed E-state index contributed by atoms with van der Waals surface area (Å²) in [5.74, 6) is 0.406. The molecule has 2 atom stereocenters. The van der Waals surface area contributed by atoms with E-state index in [9.17, 15) is 8.78 Å². The summed E-state index contributed by atoms with van der Waals surface area (Å²) in [5, 5.41) is 0. The molecule has 0 spiro atoms. The molecule has 0 bridgehead atoms. The molecule has 0 radical (unpaired) electrons. The second-order valence-corrected chi connectivity index (χ2v) is 3.44. The number of nitrogens with two attached hydrogens (primary N) is 1. The van der Waals surface area contributed by atoms with E-state index in [4.69, 9.17) is 5.73 Å². The van der Waals surface area contributed by atoms with Crippen molar-refractivity contribution in [3.63, 3.8) is 0 Å². The smallest absolute Gasteiger partial charge is 0.251 e. The Labute approximate surface area is 71.7 Å². The molecule has 1 fully saturated rings. The van der Waals surface area contributed by atoms with Crippen LogP contribution in [0, 0.1) is 5.92 Å². The number of rotatable bonds is 3. The Hall–Kier alpha value is -0.220. The standard InChI is InChI=1S/C8H16F2N2/c1-2-6-3-12(4-7(6)11)5-8(9)10/h6-8H,2-5,11H2,1H3. The molecule has 0 aromatic heterocycles. The topological polar surface area (TPSA) is 29.3 Å². The fraction of sp³-hybridized carbons (Fsp3) is 1.00. The molecule has 0 saturated carbocycles. The van der Waals surface area contributed by atoms with Gasteiger partial charge in [0.2, 0.25) is 0 Å².